The summed E-state index contributed by atoms with van der Waals surface area (Å²) in [6, 6.07) is 6.31. The first-order valence-corrected chi connectivity index (χ1v) is 7.49. The van der Waals surface area contributed by atoms with Crippen molar-refractivity contribution in [3.05, 3.63) is 29.8 Å². The second kappa shape index (κ2) is 6.90. The van der Waals surface area contributed by atoms with E-state index < -0.39 is 28.2 Å². The number of aliphatic carboxylic acids is 1. The van der Waals surface area contributed by atoms with Gasteiger partial charge >= 0.3 is 5.97 Å². The molecule has 1 rings (SSSR count). The van der Waals surface area contributed by atoms with Gasteiger partial charge in [0.05, 0.1) is 18.6 Å². The number of carbonyl (C=O) groups excluding carboxylic acids is 1. The van der Waals surface area contributed by atoms with Crippen LogP contribution in [-0.4, -0.2) is 38.2 Å². The molecule has 0 aliphatic rings. The largest absolute Gasteiger partial charge is 0.481 e. The molecule has 0 aliphatic carbocycles. The van der Waals surface area contributed by atoms with Gasteiger partial charge in [0, 0.05) is 12.7 Å². The molecule has 20 heavy (non-hydrogen) atoms. The zero-order valence-corrected chi connectivity index (χ0v) is 11.7. The topological polar surface area (TPSA) is 113 Å². The number of anilines is 1. The van der Waals surface area contributed by atoms with Crippen LogP contribution in [-0.2, 0) is 26.0 Å². The van der Waals surface area contributed by atoms with Crippen LogP contribution in [0.5, 0.6) is 0 Å². The molecule has 3 N–H and O–H groups in total. The molecule has 0 saturated carbocycles. The maximum atomic E-state index is 11.6. The molecule has 0 aromatic heterocycles. The van der Waals surface area contributed by atoms with Gasteiger partial charge < -0.3 is 10.4 Å². The zero-order chi connectivity index (χ0) is 15.2. The van der Waals surface area contributed by atoms with Crippen molar-refractivity contribution in [1.29, 1.82) is 0 Å². The third-order valence-electron chi connectivity index (χ3n) is 2.46. The molecule has 8 heteroatoms. The standard InChI is InChI=1S/C12H16N2O5S/c1-13-11(15)8-9-2-4-10(5-3-9)14-20(18,19)7-6-12(16)17/h2-5,14H,6-8H2,1H3,(H,13,15)(H,16,17). The van der Waals surface area contributed by atoms with E-state index in [-0.39, 0.29) is 12.3 Å². The van der Waals surface area contributed by atoms with E-state index >= 15 is 0 Å². The molecule has 0 bridgehead atoms. The highest BCUT2D eigenvalue weighted by Crippen LogP contribution is 2.12. The Morgan fingerprint density at radius 2 is 1.80 bits per heavy atom. The van der Waals surface area contributed by atoms with E-state index in [4.69, 9.17) is 5.11 Å². The van der Waals surface area contributed by atoms with Crippen LogP contribution >= 0.6 is 0 Å². The predicted octanol–water partition coefficient (Wildman–Crippen LogP) is 0.191. The Kier molecular flexibility index (Phi) is 5.51. The van der Waals surface area contributed by atoms with Crippen LogP contribution in [0.4, 0.5) is 5.69 Å². The van der Waals surface area contributed by atoms with Crippen LogP contribution in [0.2, 0.25) is 0 Å². The van der Waals surface area contributed by atoms with Crippen LogP contribution in [0.25, 0.3) is 0 Å². The minimum atomic E-state index is -3.68. The lowest BCUT2D eigenvalue weighted by atomic mass is 10.1. The molecule has 0 spiro atoms. The molecule has 1 aromatic rings. The lowest BCUT2D eigenvalue weighted by molar-refractivity contribution is -0.136. The summed E-state index contributed by atoms with van der Waals surface area (Å²) < 4.78 is 25.4. The Hall–Kier alpha value is -2.09. The van der Waals surface area contributed by atoms with Gasteiger partial charge in [0.2, 0.25) is 15.9 Å². The van der Waals surface area contributed by atoms with E-state index in [9.17, 15) is 18.0 Å². The molecule has 0 atom stereocenters. The highest BCUT2D eigenvalue weighted by molar-refractivity contribution is 7.92. The summed E-state index contributed by atoms with van der Waals surface area (Å²) in [5, 5.41) is 10.9. The number of likely N-dealkylation sites (N-methyl/N-ethyl adjacent to an activating group) is 1. The molecule has 1 aromatic carbocycles. The lowest BCUT2D eigenvalue weighted by Crippen LogP contribution is -2.20. The predicted molar refractivity (Wildman–Crippen MR) is 73.9 cm³/mol. The summed E-state index contributed by atoms with van der Waals surface area (Å²) in [7, 11) is -2.15. The fourth-order valence-electron chi connectivity index (χ4n) is 1.42. The fraction of sp³-hybridized carbons (Fsp3) is 0.333. The molecular weight excluding hydrogens is 284 g/mol. The number of carboxylic acid groups (broad SMARTS) is 1. The monoisotopic (exact) mass is 300 g/mol. The Morgan fingerprint density at radius 3 is 2.30 bits per heavy atom. The highest BCUT2D eigenvalue weighted by atomic mass is 32.2. The smallest absolute Gasteiger partial charge is 0.304 e. The van der Waals surface area contributed by atoms with Crippen molar-refractivity contribution in [3.8, 4) is 0 Å². The molecule has 0 radical (unpaired) electrons. The average molecular weight is 300 g/mol. The Bertz CT molecular complexity index is 580. The Labute approximate surface area is 117 Å². The third-order valence-corrected chi connectivity index (χ3v) is 3.74. The molecule has 0 unspecified atom stereocenters. The van der Waals surface area contributed by atoms with Gasteiger partial charge in [-0.05, 0) is 17.7 Å². The molecule has 0 aliphatic heterocycles. The summed E-state index contributed by atoms with van der Waals surface area (Å²) >= 11 is 0. The summed E-state index contributed by atoms with van der Waals surface area (Å²) in [6.45, 7) is 0. The maximum Gasteiger partial charge on any atom is 0.304 e. The number of sulfonamides is 1. The first-order valence-electron chi connectivity index (χ1n) is 5.84. The Balaban J connectivity index is 2.65. The molecular formula is C12H16N2O5S. The quantitative estimate of drug-likeness (QED) is 0.665. The number of carbonyl (C=O) groups is 2. The third kappa shape index (κ3) is 5.70. The number of rotatable bonds is 7. The van der Waals surface area contributed by atoms with E-state index in [1.807, 2.05) is 0 Å². The summed E-state index contributed by atoms with van der Waals surface area (Å²) in [5.74, 6) is -1.79. The van der Waals surface area contributed by atoms with Crippen molar-refractivity contribution in [2.45, 2.75) is 12.8 Å². The molecule has 0 heterocycles. The van der Waals surface area contributed by atoms with Crippen molar-refractivity contribution in [3.63, 3.8) is 0 Å². The van der Waals surface area contributed by atoms with Gasteiger partial charge in [-0.1, -0.05) is 12.1 Å². The minimum absolute atomic E-state index is 0.139. The molecule has 0 fully saturated rings. The number of hydrogen-bond acceptors (Lipinski definition) is 4. The van der Waals surface area contributed by atoms with E-state index in [2.05, 4.69) is 10.0 Å². The second-order valence-electron chi connectivity index (χ2n) is 4.11. The van der Waals surface area contributed by atoms with Gasteiger partial charge in [-0.2, -0.15) is 0 Å². The molecule has 1 amide bonds. The lowest BCUT2D eigenvalue weighted by Gasteiger charge is -2.07. The number of carboxylic acids is 1. The van der Waals surface area contributed by atoms with Crippen molar-refractivity contribution < 1.29 is 23.1 Å². The van der Waals surface area contributed by atoms with Crippen molar-refractivity contribution >= 4 is 27.6 Å². The van der Waals surface area contributed by atoms with Gasteiger partial charge in [0.15, 0.2) is 0 Å². The molecule has 0 saturated heterocycles. The van der Waals surface area contributed by atoms with Crippen molar-refractivity contribution in [2.75, 3.05) is 17.5 Å². The van der Waals surface area contributed by atoms with Crippen LogP contribution in [0.3, 0.4) is 0 Å². The van der Waals surface area contributed by atoms with Crippen LogP contribution < -0.4 is 10.0 Å². The Morgan fingerprint density at radius 1 is 1.20 bits per heavy atom. The van der Waals surface area contributed by atoms with Gasteiger partial charge in [-0.3, -0.25) is 14.3 Å². The van der Waals surface area contributed by atoms with Crippen molar-refractivity contribution in [1.82, 2.24) is 5.32 Å². The van der Waals surface area contributed by atoms with E-state index in [1.165, 1.54) is 19.2 Å². The second-order valence-corrected chi connectivity index (χ2v) is 5.95. The average Bonchev–Trinajstić information content (AvgIpc) is 2.38. The number of hydrogen-bond donors (Lipinski definition) is 3. The first-order chi connectivity index (χ1) is 9.32. The van der Waals surface area contributed by atoms with Gasteiger partial charge in [0.25, 0.3) is 0 Å². The number of amides is 1. The van der Waals surface area contributed by atoms with Gasteiger partial charge in [-0.15, -0.1) is 0 Å². The van der Waals surface area contributed by atoms with E-state index in [0.717, 1.165) is 5.56 Å². The zero-order valence-electron chi connectivity index (χ0n) is 10.9. The van der Waals surface area contributed by atoms with Gasteiger partial charge in [-0.25, -0.2) is 8.42 Å². The van der Waals surface area contributed by atoms with E-state index in [1.54, 1.807) is 12.1 Å². The van der Waals surface area contributed by atoms with E-state index in [0.29, 0.717) is 5.69 Å². The first kappa shape index (κ1) is 16.0. The summed E-state index contributed by atoms with van der Waals surface area (Å²) in [4.78, 5) is 21.5. The SMILES string of the molecule is CNC(=O)Cc1ccc(NS(=O)(=O)CCC(=O)O)cc1. The number of nitrogens with one attached hydrogen (secondary N) is 2. The normalized spacial score (nSPS) is 10.8. The summed E-state index contributed by atoms with van der Waals surface area (Å²) in [6.07, 6.45) is -0.243. The van der Waals surface area contributed by atoms with Crippen LogP contribution in [0.1, 0.15) is 12.0 Å². The van der Waals surface area contributed by atoms with Crippen molar-refractivity contribution in [2.24, 2.45) is 0 Å². The molecule has 110 valence electrons. The minimum Gasteiger partial charge on any atom is -0.481 e. The number of benzene rings is 1. The molecule has 7 nitrogen and oxygen atoms in total. The highest BCUT2D eigenvalue weighted by Gasteiger charge is 2.12. The van der Waals surface area contributed by atoms with Crippen LogP contribution in [0, 0.1) is 0 Å². The summed E-state index contributed by atoms with van der Waals surface area (Å²) in [5.41, 5.74) is 1.08. The maximum absolute atomic E-state index is 11.6. The fourth-order valence-corrected chi connectivity index (χ4v) is 2.46. The van der Waals surface area contributed by atoms with Gasteiger partial charge in [0.1, 0.15) is 0 Å². The van der Waals surface area contributed by atoms with Crippen LogP contribution in [0.15, 0.2) is 24.3 Å².